The van der Waals surface area contributed by atoms with Gasteiger partial charge in [-0.05, 0) is 24.3 Å². The number of hydrogen-bond acceptors (Lipinski definition) is 6. The van der Waals surface area contributed by atoms with E-state index in [1.807, 2.05) is 18.2 Å². The van der Waals surface area contributed by atoms with Crippen LogP contribution in [0.1, 0.15) is 5.56 Å². The van der Waals surface area contributed by atoms with Gasteiger partial charge in [0, 0.05) is 23.7 Å². The second-order valence-corrected chi connectivity index (χ2v) is 5.75. The monoisotopic (exact) mass is 352 g/mol. The topological polar surface area (TPSA) is 98.0 Å². The van der Waals surface area contributed by atoms with Gasteiger partial charge >= 0.3 is 0 Å². The van der Waals surface area contributed by atoms with Crippen molar-refractivity contribution in [1.82, 2.24) is 9.97 Å². The third-order valence-electron chi connectivity index (χ3n) is 3.21. The van der Waals surface area contributed by atoms with E-state index in [0.717, 1.165) is 5.69 Å². The van der Waals surface area contributed by atoms with Crippen LogP contribution in [0.15, 0.2) is 60.1 Å². The maximum Gasteiger partial charge on any atom is 0.276 e. The van der Waals surface area contributed by atoms with Gasteiger partial charge in [0.2, 0.25) is 5.91 Å². The van der Waals surface area contributed by atoms with Crippen LogP contribution >= 0.6 is 11.3 Å². The minimum Gasteiger partial charge on any atom is -0.298 e. The summed E-state index contributed by atoms with van der Waals surface area (Å²) in [5, 5.41) is 15.8. The van der Waals surface area contributed by atoms with E-state index in [4.69, 9.17) is 0 Å². The number of nitro benzene ring substituents is 1. The van der Waals surface area contributed by atoms with Gasteiger partial charge in [0.25, 0.3) is 5.69 Å². The Bertz CT molecular complexity index is 938. The number of nitro groups is 1. The Morgan fingerprint density at radius 2 is 1.96 bits per heavy atom. The lowest BCUT2D eigenvalue weighted by molar-refractivity contribution is -0.385. The number of thiazole rings is 1. The normalized spacial score (nSPS) is 10.7. The molecule has 2 heterocycles. The van der Waals surface area contributed by atoms with E-state index in [-0.39, 0.29) is 5.69 Å². The minimum absolute atomic E-state index is 0.0572. The molecule has 7 nitrogen and oxygen atoms in total. The molecule has 124 valence electrons. The number of rotatable bonds is 5. The molecule has 8 heteroatoms. The molecule has 0 aliphatic rings. The summed E-state index contributed by atoms with van der Waals surface area (Å²) in [6, 6.07) is 11.7. The number of nitrogens with one attached hydrogen (secondary N) is 1. The first-order chi connectivity index (χ1) is 12.1. The van der Waals surface area contributed by atoms with E-state index >= 15 is 0 Å². The summed E-state index contributed by atoms with van der Waals surface area (Å²) in [4.78, 5) is 31.0. The van der Waals surface area contributed by atoms with Gasteiger partial charge in [-0.15, -0.1) is 11.3 Å². The van der Waals surface area contributed by atoms with Crippen molar-refractivity contribution in [3.63, 3.8) is 0 Å². The Hall–Kier alpha value is -3.39. The van der Waals surface area contributed by atoms with Gasteiger partial charge in [-0.2, -0.15) is 0 Å². The fraction of sp³-hybridized carbons (Fsp3) is 0. The molecule has 0 spiro atoms. The molecule has 1 amide bonds. The molecule has 0 saturated carbocycles. The molecule has 0 aliphatic carbocycles. The van der Waals surface area contributed by atoms with Gasteiger partial charge in [0.05, 0.1) is 16.2 Å². The number of carbonyl (C=O) groups excluding carboxylic acids is 1. The van der Waals surface area contributed by atoms with Crippen molar-refractivity contribution in [3.8, 4) is 11.4 Å². The summed E-state index contributed by atoms with van der Waals surface area (Å²) in [6.07, 6.45) is 4.31. The lowest BCUT2D eigenvalue weighted by Gasteiger charge is -1.98. The quantitative estimate of drug-likeness (QED) is 0.428. The highest BCUT2D eigenvalue weighted by atomic mass is 32.1. The standard InChI is InChI=1S/C17H12N4O3S/c22-16(9-8-12-5-1-2-7-15(12)21(23)24)20-17-19-14(11-25-17)13-6-3-4-10-18-13/h1-11H,(H,19,20,22). The Labute approximate surface area is 146 Å². The molecule has 2 aromatic heterocycles. The third-order valence-corrected chi connectivity index (χ3v) is 3.97. The predicted octanol–water partition coefficient (Wildman–Crippen LogP) is 3.77. The summed E-state index contributed by atoms with van der Waals surface area (Å²) in [5.74, 6) is -0.417. The van der Waals surface area contributed by atoms with Crippen LogP contribution in [0.4, 0.5) is 10.8 Å². The fourth-order valence-corrected chi connectivity index (χ4v) is 2.78. The van der Waals surface area contributed by atoms with Gasteiger partial charge in [0.1, 0.15) is 5.69 Å². The number of carbonyl (C=O) groups is 1. The van der Waals surface area contributed by atoms with E-state index in [1.54, 1.807) is 29.8 Å². The van der Waals surface area contributed by atoms with E-state index in [2.05, 4.69) is 15.3 Å². The summed E-state index contributed by atoms with van der Waals surface area (Å²) in [5.41, 5.74) is 1.69. The Balaban J connectivity index is 1.69. The highest BCUT2D eigenvalue weighted by molar-refractivity contribution is 7.14. The number of pyridine rings is 1. The number of amides is 1. The molecule has 0 atom stereocenters. The average Bonchev–Trinajstić information content (AvgIpc) is 3.09. The van der Waals surface area contributed by atoms with Crippen LogP contribution in [0.5, 0.6) is 0 Å². The largest absolute Gasteiger partial charge is 0.298 e. The predicted molar refractivity (Wildman–Crippen MR) is 96.1 cm³/mol. The van der Waals surface area contributed by atoms with Crippen molar-refractivity contribution in [2.24, 2.45) is 0 Å². The highest BCUT2D eigenvalue weighted by Crippen LogP contribution is 2.23. The maximum absolute atomic E-state index is 12.0. The summed E-state index contributed by atoms with van der Waals surface area (Å²) in [6.45, 7) is 0. The number of hydrogen-bond donors (Lipinski definition) is 1. The molecule has 1 aromatic carbocycles. The molecular weight excluding hydrogens is 340 g/mol. The zero-order valence-electron chi connectivity index (χ0n) is 12.8. The molecule has 0 radical (unpaired) electrons. The molecule has 1 N–H and O–H groups in total. The maximum atomic E-state index is 12.0. The molecule has 0 aliphatic heterocycles. The molecule has 0 unspecified atom stereocenters. The van der Waals surface area contributed by atoms with Gasteiger partial charge in [-0.1, -0.05) is 18.2 Å². The Morgan fingerprint density at radius 1 is 1.16 bits per heavy atom. The van der Waals surface area contributed by atoms with Crippen molar-refractivity contribution >= 4 is 34.1 Å². The minimum atomic E-state index is -0.489. The highest BCUT2D eigenvalue weighted by Gasteiger charge is 2.10. The van der Waals surface area contributed by atoms with Crippen LogP contribution < -0.4 is 5.32 Å². The lowest BCUT2D eigenvalue weighted by atomic mass is 10.1. The van der Waals surface area contributed by atoms with Gasteiger partial charge < -0.3 is 0 Å². The fourth-order valence-electron chi connectivity index (χ4n) is 2.07. The lowest BCUT2D eigenvalue weighted by Crippen LogP contribution is -2.07. The number of anilines is 1. The molecule has 25 heavy (non-hydrogen) atoms. The second-order valence-electron chi connectivity index (χ2n) is 4.89. The molecule has 3 aromatic rings. The van der Waals surface area contributed by atoms with Crippen molar-refractivity contribution in [3.05, 3.63) is 75.8 Å². The van der Waals surface area contributed by atoms with E-state index in [9.17, 15) is 14.9 Å². The van der Waals surface area contributed by atoms with Crippen molar-refractivity contribution in [1.29, 1.82) is 0 Å². The Kier molecular flexibility index (Phi) is 4.91. The van der Waals surface area contributed by atoms with Gasteiger partial charge in [0.15, 0.2) is 5.13 Å². The molecule has 0 saturated heterocycles. The van der Waals surface area contributed by atoms with Crippen LogP contribution in [-0.2, 0) is 4.79 Å². The number of aromatic nitrogens is 2. The van der Waals surface area contributed by atoms with Crippen LogP contribution in [0.3, 0.4) is 0 Å². The third kappa shape index (κ3) is 4.12. The van der Waals surface area contributed by atoms with Crippen molar-refractivity contribution < 1.29 is 9.72 Å². The van der Waals surface area contributed by atoms with E-state index < -0.39 is 10.8 Å². The first-order valence-electron chi connectivity index (χ1n) is 7.23. The smallest absolute Gasteiger partial charge is 0.276 e. The van der Waals surface area contributed by atoms with Crippen LogP contribution in [-0.4, -0.2) is 20.8 Å². The van der Waals surface area contributed by atoms with E-state index in [1.165, 1.54) is 29.6 Å². The molecule has 3 rings (SSSR count). The molecule has 0 bridgehead atoms. The van der Waals surface area contributed by atoms with Crippen molar-refractivity contribution in [2.45, 2.75) is 0 Å². The van der Waals surface area contributed by atoms with Crippen LogP contribution in [0.2, 0.25) is 0 Å². The summed E-state index contributed by atoms with van der Waals surface area (Å²) < 4.78 is 0. The molecular formula is C17H12N4O3S. The zero-order valence-corrected chi connectivity index (χ0v) is 13.6. The summed E-state index contributed by atoms with van der Waals surface area (Å²) in [7, 11) is 0. The van der Waals surface area contributed by atoms with Crippen LogP contribution in [0.25, 0.3) is 17.5 Å². The van der Waals surface area contributed by atoms with E-state index in [0.29, 0.717) is 16.4 Å². The van der Waals surface area contributed by atoms with Crippen molar-refractivity contribution in [2.75, 3.05) is 5.32 Å². The second kappa shape index (κ2) is 7.45. The number of nitrogens with zero attached hydrogens (tertiary/aromatic N) is 3. The van der Waals surface area contributed by atoms with Crippen LogP contribution in [0, 0.1) is 10.1 Å². The average molecular weight is 352 g/mol. The SMILES string of the molecule is O=C(C=Cc1ccccc1[N+](=O)[O-])Nc1nc(-c2ccccn2)cs1. The van der Waals surface area contributed by atoms with Gasteiger partial charge in [-0.3, -0.25) is 25.2 Å². The summed E-state index contributed by atoms with van der Waals surface area (Å²) >= 11 is 1.28. The first kappa shape index (κ1) is 16.5. The first-order valence-corrected chi connectivity index (χ1v) is 8.11. The number of benzene rings is 1. The Morgan fingerprint density at radius 3 is 2.72 bits per heavy atom. The zero-order chi connectivity index (χ0) is 17.6. The number of para-hydroxylation sites is 1. The van der Waals surface area contributed by atoms with Gasteiger partial charge in [-0.25, -0.2) is 4.98 Å². The molecule has 0 fully saturated rings.